The Bertz CT molecular complexity index is 871. The number of rotatable bonds is 7. The molecule has 0 spiro atoms. The Morgan fingerprint density at radius 1 is 1.12 bits per heavy atom. The summed E-state index contributed by atoms with van der Waals surface area (Å²) in [6.07, 6.45) is 0. The highest BCUT2D eigenvalue weighted by Crippen LogP contribution is 2.27. The monoisotopic (exact) mass is 387 g/mol. The van der Waals surface area contributed by atoms with Crippen molar-refractivity contribution in [3.8, 4) is 11.5 Å². The molecular weight excluding hydrogens is 369 g/mol. The summed E-state index contributed by atoms with van der Waals surface area (Å²) in [4.78, 5) is 0.0675. The second-order valence-electron chi connectivity index (χ2n) is 5.41. The molecule has 1 N–H and O–H groups in total. The van der Waals surface area contributed by atoms with Gasteiger partial charge in [-0.05, 0) is 55.3 Å². The van der Waals surface area contributed by atoms with Crippen LogP contribution in [-0.4, -0.2) is 28.7 Å². The summed E-state index contributed by atoms with van der Waals surface area (Å²) in [5, 5.41) is 0.124. The molecule has 5 nitrogen and oxygen atoms in total. The molecule has 0 fully saturated rings. The van der Waals surface area contributed by atoms with E-state index in [1.165, 1.54) is 19.2 Å². The van der Waals surface area contributed by atoms with E-state index in [1.807, 2.05) is 13.8 Å². The Balaban J connectivity index is 2.03. The molecule has 0 amide bonds. The third kappa shape index (κ3) is 4.84. The lowest BCUT2D eigenvalue weighted by molar-refractivity contribution is 0.322. The van der Waals surface area contributed by atoms with Crippen LogP contribution in [0.3, 0.4) is 0 Å². The second-order valence-corrected chi connectivity index (χ2v) is 7.55. The van der Waals surface area contributed by atoms with Crippen molar-refractivity contribution in [3.05, 3.63) is 52.3 Å². The van der Waals surface area contributed by atoms with Crippen molar-refractivity contribution < 1.29 is 22.3 Å². The summed E-state index contributed by atoms with van der Waals surface area (Å²) in [7, 11) is -2.34. The molecule has 0 saturated carbocycles. The van der Waals surface area contributed by atoms with Crippen molar-refractivity contribution in [1.82, 2.24) is 4.72 Å². The lowest BCUT2D eigenvalue weighted by atomic mass is 10.1. The fraction of sp³-hybridized carbons (Fsp3) is 0.294. The number of hydrogen-bond acceptors (Lipinski definition) is 4. The normalized spacial score (nSPS) is 11.4. The standard InChI is InChI=1S/C17H19ClFNO4S/c1-11-8-16(23-3)17(9-12(11)2)25(21,22)20-6-7-24-15-5-4-13(19)10-14(15)18/h4-5,8-10,20H,6-7H2,1-3H3. The number of nitrogens with one attached hydrogen (secondary N) is 1. The van der Waals surface area contributed by atoms with Crippen LogP contribution >= 0.6 is 11.6 Å². The molecule has 0 atom stereocenters. The molecule has 0 bridgehead atoms. The number of methoxy groups -OCH3 is 1. The maximum absolute atomic E-state index is 13.0. The summed E-state index contributed by atoms with van der Waals surface area (Å²) in [6.45, 7) is 3.76. The molecule has 25 heavy (non-hydrogen) atoms. The first-order valence-electron chi connectivity index (χ1n) is 7.47. The van der Waals surface area contributed by atoms with Gasteiger partial charge in [-0.25, -0.2) is 17.5 Å². The topological polar surface area (TPSA) is 64.6 Å². The van der Waals surface area contributed by atoms with Crippen molar-refractivity contribution in [2.24, 2.45) is 0 Å². The zero-order valence-electron chi connectivity index (χ0n) is 14.1. The molecule has 0 heterocycles. The van der Waals surface area contributed by atoms with E-state index < -0.39 is 15.8 Å². The lowest BCUT2D eigenvalue weighted by Crippen LogP contribution is -2.28. The van der Waals surface area contributed by atoms with Crippen LogP contribution in [0.25, 0.3) is 0 Å². The largest absolute Gasteiger partial charge is 0.495 e. The quantitative estimate of drug-likeness (QED) is 0.739. The molecule has 0 aliphatic heterocycles. The number of halogens is 2. The average Bonchev–Trinajstić information content (AvgIpc) is 2.55. The van der Waals surface area contributed by atoms with Crippen molar-refractivity contribution in [2.45, 2.75) is 18.7 Å². The number of benzene rings is 2. The van der Waals surface area contributed by atoms with Crippen molar-refractivity contribution >= 4 is 21.6 Å². The maximum Gasteiger partial charge on any atom is 0.244 e. The van der Waals surface area contributed by atoms with E-state index in [9.17, 15) is 12.8 Å². The molecule has 2 rings (SSSR count). The van der Waals surface area contributed by atoms with Gasteiger partial charge in [-0.1, -0.05) is 11.6 Å². The van der Waals surface area contributed by atoms with Gasteiger partial charge < -0.3 is 9.47 Å². The molecule has 0 radical (unpaired) electrons. The van der Waals surface area contributed by atoms with Gasteiger partial charge in [-0.15, -0.1) is 0 Å². The first-order chi connectivity index (χ1) is 11.7. The Hall–Kier alpha value is -1.83. The first-order valence-corrected chi connectivity index (χ1v) is 9.33. The third-order valence-electron chi connectivity index (χ3n) is 3.62. The Morgan fingerprint density at radius 2 is 1.80 bits per heavy atom. The van der Waals surface area contributed by atoms with Crippen LogP contribution in [0.5, 0.6) is 11.5 Å². The van der Waals surface area contributed by atoms with E-state index in [0.29, 0.717) is 0 Å². The lowest BCUT2D eigenvalue weighted by Gasteiger charge is -2.13. The third-order valence-corrected chi connectivity index (χ3v) is 5.39. The fourth-order valence-corrected chi connectivity index (χ4v) is 3.61. The van der Waals surface area contributed by atoms with Crippen molar-refractivity contribution in [1.29, 1.82) is 0 Å². The minimum atomic E-state index is -3.76. The van der Waals surface area contributed by atoms with E-state index in [2.05, 4.69) is 4.72 Å². The van der Waals surface area contributed by atoms with E-state index in [0.717, 1.165) is 17.2 Å². The van der Waals surface area contributed by atoms with Crippen LogP contribution in [0.15, 0.2) is 35.2 Å². The SMILES string of the molecule is COc1cc(C)c(C)cc1S(=O)(=O)NCCOc1ccc(F)cc1Cl. The van der Waals surface area contributed by atoms with Gasteiger partial charge in [0.15, 0.2) is 0 Å². The van der Waals surface area contributed by atoms with Crippen LogP contribution in [-0.2, 0) is 10.0 Å². The van der Waals surface area contributed by atoms with Gasteiger partial charge in [0, 0.05) is 6.54 Å². The number of hydrogen-bond donors (Lipinski definition) is 1. The summed E-state index contributed by atoms with van der Waals surface area (Å²) in [6, 6.07) is 6.97. The van der Waals surface area contributed by atoms with Gasteiger partial charge in [-0.2, -0.15) is 0 Å². The number of sulfonamides is 1. The zero-order valence-corrected chi connectivity index (χ0v) is 15.7. The molecule has 8 heteroatoms. The molecule has 0 aliphatic carbocycles. The van der Waals surface area contributed by atoms with Crippen molar-refractivity contribution in [3.63, 3.8) is 0 Å². The summed E-state index contributed by atoms with van der Waals surface area (Å²) in [5.41, 5.74) is 1.78. The van der Waals surface area contributed by atoms with Gasteiger partial charge in [0.2, 0.25) is 10.0 Å². The van der Waals surface area contributed by atoms with Crippen LogP contribution in [0.4, 0.5) is 4.39 Å². The highest BCUT2D eigenvalue weighted by Gasteiger charge is 2.20. The zero-order chi connectivity index (χ0) is 18.6. The predicted octanol–water partition coefficient (Wildman–Crippen LogP) is 3.46. The van der Waals surface area contributed by atoms with E-state index in [-0.39, 0.29) is 34.6 Å². The smallest absolute Gasteiger partial charge is 0.244 e. The predicted molar refractivity (Wildman–Crippen MR) is 94.6 cm³/mol. The maximum atomic E-state index is 13.0. The molecule has 0 saturated heterocycles. The number of ether oxygens (including phenoxy) is 2. The van der Waals surface area contributed by atoms with Crippen molar-refractivity contribution in [2.75, 3.05) is 20.3 Å². The molecule has 0 aromatic heterocycles. The molecule has 2 aromatic rings. The summed E-state index contributed by atoms with van der Waals surface area (Å²) >= 11 is 5.85. The van der Waals surface area contributed by atoms with Gasteiger partial charge in [-0.3, -0.25) is 0 Å². The highest BCUT2D eigenvalue weighted by atomic mass is 35.5. The Morgan fingerprint density at radius 3 is 2.44 bits per heavy atom. The number of aryl methyl sites for hydroxylation is 2. The van der Waals surface area contributed by atoms with E-state index >= 15 is 0 Å². The molecule has 136 valence electrons. The molecule has 2 aromatic carbocycles. The van der Waals surface area contributed by atoms with Crippen LogP contribution in [0, 0.1) is 19.7 Å². The first kappa shape index (κ1) is 19.5. The minimum absolute atomic E-state index is 0.0200. The van der Waals surface area contributed by atoms with E-state index in [1.54, 1.807) is 12.1 Å². The average molecular weight is 388 g/mol. The van der Waals surface area contributed by atoms with Gasteiger partial charge in [0.05, 0.1) is 12.1 Å². The van der Waals surface area contributed by atoms with Crippen LogP contribution < -0.4 is 14.2 Å². The summed E-state index contributed by atoms with van der Waals surface area (Å²) in [5.74, 6) is 0.0870. The highest BCUT2D eigenvalue weighted by molar-refractivity contribution is 7.89. The van der Waals surface area contributed by atoms with Gasteiger partial charge in [0.1, 0.15) is 28.8 Å². The molecular formula is C17H19ClFNO4S. The van der Waals surface area contributed by atoms with Crippen LogP contribution in [0.2, 0.25) is 5.02 Å². The molecule has 0 aliphatic rings. The van der Waals surface area contributed by atoms with Crippen LogP contribution in [0.1, 0.15) is 11.1 Å². The summed E-state index contributed by atoms with van der Waals surface area (Å²) < 4.78 is 50.9. The van der Waals surface area contributed by atoms with Gasteiger partial charge >= 0.3 is 0 Å². The second kappa shape index (κ2) is 8.03. The molecule has 0 unspecified atom stereocenters. The Kier molecular flexibility index (Phi) is 6.26. The van der Waals surface area contributed by atoms with E-state index in [4.69, 9.17) is 21.1 Å². The van der Waals surface area contributed by atoms with Gasteiger partial charge in [0.25, 0.3) is 0 Å². The minimum Gasteiger partial charge on any atom is -0.495 e. The fourth-order valence-electron chi connectivity index (χ4n) is 2.14. The Labute approximate surface area is 151 Å².